The molecule has 3 N–H and O–H groups in total. The van der Waals surface area contributed by atoms with Crippen molar-refractivity contribution in [3.63, 3.8) is 0 Å². The molecule has 9 heteroatoms. The van der Waals surface area contributed by atoms with Crippen LogP contribution in [0.4, 0.5) is 0 Å². The fraction of sp³-hybridized carbons (Fsp3) is 0.500. The smallest absolute Gasteiger partial charge is 0.308 e. The molecule has 0 radical (unpaired) electrons. The van der Waals surface area contributed by atoms with Crippen molar-refractivity contribution in [1.29, 1.82) is 0 Å². The molecule has 1 heterocycles. The maximum Gasteiger partial charge on any atom is 0.308 e. The highest BCUT2D eigenvalue weighted by atomic mass is 32.2. The second kappa shape index (κ2) is 7.56. The van der Waals surface area contributed by atoms with E-state index in [-0.39, 0.29) is 37.0 Å². The zero-order chi connectivity index (χ0) is 14.3. The van der Waals surface area contributed by atoms with E-state index in [1.54, 1.807) is 0 Å². The Hall–Kier alpha value is -1.00. The van der Waals surface area contributed by atoms with Crippen molar-refractivity contribution >= 4 is 27.3 Å². The van der Waals surface area contributed by atoms with E-state index < -0.39 is 16.0 Å². The summed E-state index contributed by atoms with van der Waals surface area (Å²) in [6.45, 7) is 0.293. The van der Waals surface area contributed by atoms with Gasteiger partial charge in [-0.05, 0) is 12.1 Å². The number of nitrogens with one attached hydrogen (secondary N) is 1. The molecular formula is C10H15NO6S2. The number of aliphatic hydroxyl groups excluding tert-OH is 1. The third kappa shape index (κ3) is 5.66. The fourth-order valence-electron chi connectivity index (χ4n) is 1.23. The molecule has 19 heavy (non-hydrogen) atoms. The van der Waals surface area contributed by atoms with E-state index in [1.807, 2.05) is 0 Å². The lowest BCUT2D eigenvalue weighted by molar-refractivity contribution is -0.136. The number of hydrogen-bond donors (Lipinski definition) is 3. The van der Waals surface area contributed by atoms with Crippen LogP contribution >= 0.6 is 11.3 Å². The minimum Gasteiger partial charge on any atom is -0.481 e. The summed E-state index contributed by atoms with van der Waals surface area (Å²) < 4.78 is 30.9. The molecule has 0 aliphatic heterocycles. The summed E-state index contributed by atoms with van der Waals surface area (Å²) in [6.07, 6.45) is -0.195. The van der Waals surface area contributed by atoms with Gasteiger partial charge in [0.2, 0.25) is 10.0 Å². The van der Waals surface area contributed by atoms with Crippen molar-refractivity contribution in [2.45, 2.75) is 10.6 Å². The fourth-order valence-corrected chi connectivity index (χ4v) is 3.64. The normalized spacial score (nSPS) is 11.6. The first kappa shape index (κ1) is 16.1. The first-order chi connectivity index (χ1) is 8.95. The van der Waals surface area contributed by atoms with Crippen LogP contribution in [-0.4, -0.2) is 51.0 Å². The Kier molecular flexibility index (Phi) is 6.38. The summed E-state index contributed by atoms with van der Waals surface area (Å²) in [5.74, 6) is -1.00. The molecule has 0 aliphatic rings. The third-order valence-electron chi connectivity index (χ3n) is 2.00. The maximum absolute atomic E-state index is 11.8. The number of carboxylic acids is 1. The van der Waals surface area contributed by atoms with Crippen LogP contribution in [0.3, 0.4) is 0 Å². The molecule has 1 aromatic rings. The zero-order valence-corrected chi connectivity index (χ0v) is 11.7. The molecule has 0 aromatic carbocycles. The summed E-state index contributed by atoms with van der Waals surface area (Å²) >= 11 is 0.924. The molecule has 0 spiro atoms. The molecular weight excluding hydrogens is 294 g/mol. The summed E-state index contributed by atoms with van der Waals surface area (Å²) in [6, 6.07) is 2.86. The van der Waals surface area contributed by atoms with E-state index in [1.165, 1.54) is 12.1 Å². The molecule has 108 valence electrons. The van der Waals surface area contributed by atoms with Gasteiger partial charge in [0.15, 0.2) is 0 Å². The summed E-state index contributed by atoms with van der Waals surface area (Å²) in [7, 11) is -3.63. The molecule has 0 amide bonds. The molecule has 0 bridgehead atoms. The molecule has 1 rings (SSSR count). The summed E-state index contributed by atoms with van der Waals surface area (Å²) in [4.78, 5) is 11.0. The average Bonchev–Trinajstić information content (AvgIpc) is 2.77. The molecule has 0 aliphatic carbocycles. The van der Waals surface area contributed by atoms with Crippen LogP contribution in [0.15, 0.2) is 16.3 Å². The maximum atomic E-state index is 11.8. The molecule has 1 aromatic heterocycles. The number of aliphatic carboxylic acids is 1. The van der Waals surface area contributed by atoms with E-state index >= 15 is 0 Å². The Morgan fingerprint density at radius 2 is 2.11 bits per heavy atom. The summed E-state index contributed by atoms with van der Waals surface area (Å²) in [5.41, 5.74) is 0. The van der Waals surface area contributed by atoms with E-state index in [4.69, 9.17) is 14.9 Å². The average molecular weight is 309 g/mol. The zero-order valence-electron chi connectivity index (χ0n) is 10.0. The van der Waals surface area contributed by atoms with Crippen molar-refractivity contribution in [2.75, 3.05) is 26.4 Å². The van der Waals surface area contributed by atoms with Crippen molar-refractivity contribution in [3.8, 4) is 0 Å². The number of sulfonamides is 1. The Bertz CT molecular complexity index is 510. The van der Waals surface area contributed by atoms with Crippen LogP contribution in [-0.2, 0) is 26.0 Å². The van der Waals surface area contributed by atoms with Crippen LogP contribution in [0.5, 0.6) is 0 Å². The Morgan fingerprint density at radius 1 is 1.37 bits per heavy atom. The van der Waals surface area contributed by atoms with Gasteiger partial charge in [0.05, 0.1) is 26.2 Å². The minimum absolute atomic E-state index is 0.0749. The number of ether oxygens (including phenoxy) is 1. The number of hydrogen-bond acceptors (Lipinski definition) is 6. The highest BCUT2D eigenvalue weighted by Gasteiger charge is 2.16. The number of carbonyl (C=O) groups is 1. The van der Waals surface area contributed by atoms with Crippen molar-refractivity contribution in [3.05, 3.63) is 17.0 Å². The first-order valence-corrected chi connectivity index (χ1v) is 7.74. The minimum atomic E-state index is -3.63. The predicted molar refractivity (Wildman–Crippen MR) is 68.8 cm³/mol. The Morgan fingerprint density at radius 3 is 2.74 bits per heavy atom. The predicted octanol–water partition coefficient (Wildman–Crippen LogP) is -0.338. The lowest BCUT2D eigenvalue weighted by Gasteiger charge is -2.04. The highest BCUT2D eigenvalue weighted by molar-refractivity contribution is 7.91. The van der Waals surface area contributed by atoms with Gasteiger partial charge < -0.3 is 14.9 Å². The first-order valence-electron chi connectivity index (χ1n) is 5.44. The van der Waals surface area contributed by atoms with E-state index in [2.05, 4.69) is 4.72 Å². The molecule has 0 fully saturated rings. The largest absolute Gasteiger partial charge is 0.481 e. The van der Waals surface area contributed by atoms with Gasteiger partial charge >= 0.3 is 5.97 Å². The second-order valence-corrected chi connectivity index (χ2v) is 6.69. The SMILES string of the molecule is O=C(O)Cc1ccc(S(=O)(=O)NCCOCCO)s1. The van der Waals surface area contributed by atoms with Crippen LogP contribution < -0.4 is 4.72 Å². The number of aliphatic hydroxyl groups is 1. The number of thiophene rings is 1. The van der Waals surface area contributed by atoms with Crippen molar-refractivity contribution in [1.82, 2.24) is 4.72 Å². The molecule has 0 saturated heterocycles. The van der Waals surface area contributed by atoms with E-state index in [0.717, 1.165) is 11.3 Å². The van der Waals surface area contributed by atoms with E-state index in [0.29, 0.717) is 4.88 Å². The van der Waals surface area contributed by atoms with Gasteiger partial charge in [-0.1, -0.05) is 0 Å². The van der Waals surface area contributed by atoms with Gasteiger partial charge in [-0.15, -0.1) is 11.3 Å². The lowest BCUT2D eigenvalue weighted by Crippen LogP contribution is -2.27. The van der Waals surface area contributed by atoms with Gasteiger partial charge in [-0.2, -0.15) is 0 Å². The van der Waals surface area contributed by atoms with Crippen LogP contribution in [0.2, 0.25) is 0 Å². The topological polar surface area (TPSA) is 113 Å². The Balaban J connectivity index is 2.52. The van der Waals surface area contributed by atoms with E-state index in [9.17, 15) is 13.2 Å². The third-order valence-corrected chi connectivity index (χ3v) is 5.04. The standard InChI is InChI=1S/C10H15NO6S2/c12-4-6-17-5-3-11-19(15,16)10-2-1-8(18-10)7-9(13)14/h1-2,11-12H,3-7H2,(H,13,14). The number of rotatable bonds is 9. The lowest BCUT2D eigenvalue weighted by atomic mass is 10.3. The quantitative estimate of drug-likeness (QED) is 0.538. The van der Waals surface area contributed by atoms with Gasteiger partial charge in [0.1, 0.15) is 4.21 Å². The van der Waals surface area contributed by atoms with Gasteiger partial charge in [0.25, 0.3) is 0 Å². The highest BCUT2D eigenvalue weighted by Crippen LogP contribution is 2.21. The van der Waals surface area contributed by atoms with Gasteiger partial charge in [-0.3, -0.25) is 4.79 Å². The molecule has 0 unspecified atom stereocenters. The van der Waals surface area contributed by atoms with Gasteiger partial charge in [-0.25, -0.2) is 13.1 Å². The number of carboxylic acid groups (broad SMARTS) is 1. The van der Waals surface area contributed by atoms with Crippen molar-refractivity contribution < 1.29 is 28.2 Å². The molecule has 0 atom stereocenters. The molecule has 7 nitrogen and oxygen atoms in total. The van der Waals surface area contributed by atoms with Crippen LogP contribution in [0.1, 0.15) is 4.88 Å². The van der Waals surface area contributed by atoms with Gasteiger partial charge in [0, 0.05) is 11.4 Å². The van der Waals surface area contributed by atoms with Crippen LogP contribution in [0, 0.1) is 0 Å². The monoisotopic (exact) mass is 309 g/mol. The molecule has 0 saturated carbocycles. The summed E-state index contributed by atoms with van der Waals surface area (Å²) in [5, 5.41) is 17.1. The second-order valence-electron chi connectivity index (χ2n) is 3.53. The van der Waals surface area contributed by atoms with Crippen LogP contribution in [0.25, 0.3) is 0 Å². The van der Waals surface area contributed by atoms with Crippen molar-refractivity contribution in [2.24, 2.45) is 0 Å². The Labute approximate surface area is 114 Å².